The predicted molar refractivity (Wildman–Crippen MR) is 71.1 cm³/mol. The average Bonchev–Trinajstić information content (AvgIpc) is 2.35. The molecule has 1 heterocycles. The van der Waals surface area contributed by atoms with Crippen molar-refractivity contribution in [1.29, 1.82) is 0 Å². The van der Waals surface area contributed by atoms with Gasteiger partial charge in [-0.2, -0.15) is 0 Å². The molecule has 92 valence electrons. The van der Waals surface area contributed by atoms with Crippen molar-refractivity contribution in [3.63, 3.8) is 0 Å². The van der Waals surface area contributed by atoms with Gasteiger partial charge >= 0.3 is 0 Å². The van der Waals surface area contributed by atoms with Crippen molar-refractivity contribution in [2.45, 2.75) is 13.3 Å². The van der Waals surface area contributed by atoms with Crippen LogP contribution in [-0.2, 0) is 6.42 Å². The van der Waals surface area contributed by atoms with Crippen LogP contribution in [0.1, 0.15) is 21.6 Å². The number of benzene rings is 1. The number of aryl methyl sites for hydroxylation is 1. The van der Waals surface area contributed by atoms with E-state index in [0.717, 1.165) is 10.0 Å². The number of halogens is 2. The SMILES string of the molecule is Cc1ccc(F)cc1C(=O)Cc1ccc(Br)cn1. The van der Waals surface area contributed by atoms with Crippen molar-refractivity contribution < 1.29 is 9.18 Å². The van der Waals surface area contributed by atoms with E-state index >= 15 is 0 Å². The molecule has 0 bridgehead atoms. The van der Waals surface area contributed by atoms with Crippen molar-refractivity contribution in [3.05, 3.63) is 63.6 Å². The van der Waals surface area contributed by atoms with E-state index in [9.17, 15) is 9.18 Å². The molecule has 18 heavy (non-hydrogen) atoms. The van der Waals surface area contributed by atoms with E-state index in [1.54, 1.807) is 25.3 Å². The van der Waals surface area contributed by atoms with E-state index in [-0.39, 0.29) is 12.2 Å². The number of hydrogen-bond acceptors (Lipinski definition) is 2. The second-order valence-electron chi connectivity index (χ2n) is 4.03. The van der Waals surface area contributed by atoms with Crippen LogP contribution in [0.3, 0.4) is 0 Å². The molecule has 0 aliphatic rings. The largest absolute Gasteiger partial charge is 0.294 e. The van der Waals surface area contributed by atoms with Gasteiger partial charge in [-0.3, -0.25) is 9.78 Å². The lowest BCUT2D eigenvalue weighted by atomic mass is 10.0. The van der Waals surface area contributed by atoms with Crippen LogP contribution in [0.4, 0.5) is 4.39 Å². The Morgan fingerprint density at radius 2 is 2.11 bits per heavy atom. The highest BCUT2D eigenvalue weighted by Crippen LogP contribution is 2.14. The van der Waals surface area contributed by atoms with E-state index in [1.165, 1.54) is 12.1 Å². The maximum atomic E-state index is 13.1. The third-order valence-corrected chi connectivity index (χ3v) is 3.10. The van der Waals surface area contributed by atoms with Crippen LogP contribution >= 0.6 is 15.9 Å². The molecule has 0 saturated carbocycles. The molecule has 4 heteroatoms. The summed E-state index contributed by atoms with van der Waals surface area (Å²) >= 11 is 3.28. The maximum absolute atomic E-state index is 13.1. The highest BCUT2D eigenvalue weighted by molar-refractivity contribution is 9.10. The second-order valence-corrected chi connectivity index (χ2v) is 4.94. The van der Waals surface area contributed by atoms with Gasteiger partial charge in [0.15, 0.2) is 5.78 Å². The summed E-state index contributed by atoms with van der Waals surface area (Å²) in [6.45, 7) is 1.79. The number of Topliss-reactive ketones (excluding diaryl/α,β-unsaturated/α-hetero) is 1. The first-order chi connectivity index (χ1) is 8.56. The normalized spacial score (nSPS) is 10.4. The summed E-state index contributed by atoms with van der Waals surface area (Å²) < 4.78 is 14.0. The van der Waals surface area contributed by atoms with Crippen LogP contribution in [0, 0.1) is 12.7 Å². The van der Waals surface area contributed by atoms with E-state index in [1.807, 2.05) is 6.07 Å². The highest BCUT2D eigenvalue weighted by Gasteiger charge is 2.11. The number of nitrogens with zero attached hydrogens (tertiary/aromatic N) is 1. The Kier molecular flexibility index (Phi) is 3.87. The fraction of sp³-hybridized carbons (Fsp3) is 0.143. The minimum absolute atomic E-state index is 0.123. The number of rotatable bonds is 3. The molecular formula is C14H11BrFNO. The summed E-state index contributed by atoms with van der Waals surface area (Å²) in [6.07, 6.45) is 1.82. The van der Waals surface area contributed by atoms with E-state index < -0.39 is 5.82 Å². The van der Waals surface area contributed by atoms with Crippen LogP contribution in [0.2, 0.25) is 0 Å². The lowest BCUT2D eigenvalue weighted by Gasteiger charge is -2.05. The van der Waals surface area contributed by atoms with Crippen molar-refractivity contribution in [3.8, 4) is 0 Å². The molecule has 0 amide bonds. The quantitative estimate of drug-likeness (QED) is 0.809. The van der Waals surface area contributed by atoms with E-state index in [4.69, 9.17) is 0 Å². The topological polar surface area (TPSA) is 30.0 Å². The van der Waals surface area contributed by atoms with Crippen molar-refractivity contribution in [2.24, 2.45) is 0 Å². The third kappa shape index (κ3) is 3.01. The van der Waals surface area contributed by atoms with Crippen molar-refractivity contribution in [2.75, 3.05) is 0 Å². The molecule has 0 aliphatic heterocycles. The van der Waals surface area contributed by atoms with Crippen LogP contribution in [0.5, 0.6) is 0 Å². The summed E-state index contributed by atoms with van der Waals surface area (Å²) in [4.78, 5) is 16.2. The molecule has 1 aromatic carbocycles. The molecule has 0 spiro atoms. The van der Waals surface area contributed by atoms with Gasteiger partial charge in [0.2, 0.25) is 0 Å². The van der Waals surface area contributed by atoms with Gasteiger partial charge in [-0.25, -0.2) is 4.39 Å². The number of carbonyl (C=O) groups excluding carboxylic acids is 1. The first-order valence-electron chi connectivity index (χ1n) is 5.46. The maximum Gasteiger partial charge on any atom is 0.169 e. The zero-order valence-electron chi connectivity index (χ0n) is 9.78. The Balaban J connectivity index is 2.21. The number of ketones is 1. The van der Waals surface area contributed by atoms with Gasteiger partial charge in [-0.05, 0) is 52.7 Å². The molecule has 1 aromatic heterocycles. The molecule has 2 rings (SSSR count). The van der Waals surface area contributed by atoms with Crippen molar-refractivity contribution in [1.82, 2.24) is 4.98 Å². The molecule has 0 N–H and O–H groups in total. The number of aromatic nitrogens is 1. The molecule has 0 atom stereocenters. The van der Waals surface area contributed by atoms with Crippen LogP contribution in [-0.4, -0.2) is 10.8 Å². The first-order valence-corrected chi connectivity index (χ1v) is 6.25. The fourth-order valence-corrected chi connectivity index (χ4v) is 1.90. The lowest BCUT2D eigenvalue weighted by Crippen LogP contribution is -2.07. The predicted octanol–water partition coefficient (Wildman–Crippen LogP) is 3.72. The zero-order valence-corrected chi connectivity index (χ0v) is 11.4. The number of pyridine rings is 1. The van der Waals surface area contributed by atoms with Gasteiger partial charge in [0.1, 0.15) is 5.82 Å². The molecule has 0 unspecified atom stereocenters. The summed E-state index contributed by atoms with van der Waals surface area (Å²) in [7, 11) is 0. The monoisotopic (exact) mass is 307 g/mol. The zero-order chi connectivity index (χ0) is 13.1. The average molecular weight is 308 g/mol. The molecule has 0 radical (unpaired) electrons. The summed E-state index contributed by atoms with van der Waals surface area (Å²) in [6, 6.07) is 7.84. The summed E-state index contributed by atoms with van der Waals surface area (Å²) in [5.74, 6) is -0.519. The van der Waals surface area contributed by atoms with Gasteiger partial charge in [-0.1, -0.05) is 6.07 Å². The van der Waals surface area contributed by atoms with Gasteiger partial charge in [0, 0.05) is 21.9 Å². The second kappa shape index (κ2) is 5.40. The molecule has 0 fully saturated rings. The summed E-state index contributed by atoms with van der Waals surface area (Å²) in [5, 5.41) is 0. The number of hydrogen-bond donors (Lipinski definition) is 0. The molecule has 2 aromatic rings. The van der Waals surface area contributed by atoms with E-state index in [2.05, 4.69) is 20.9 Å². The van der Waals surface area contributed by atoms with Crippen LogP contribution in [0.25, 0.3) is 0 Å². The Morgan fingerprint density at radius 1 is 1.33 bits per heavy atom. The smallest absolute Gasteiger partial charge is 0.169 e. The Labute approximate surface area is 113 Å². The molecule has 2 nitrogen and oxygen atoms in total. The Bertz CT molecular complexity index is 581. The van der Waals surface area contributed by atoms with Gasteiger partial charge in [0.25, 0.3) is 0 Å². The molecular weight excluding hydrogens is 297 g/mol. The van der Waals surface area contributed by atoms with Gasteiger partial charge in [0.05, 0.1) is 6.42 Å². The Morgan fingerprint density at radius 3 is 2.78 bits per heavy atom. The standard InChI is InChI=1S/C14H11BrFNO/c1-9-2-4-11(16)6-13(9)14(18)7-12-5-3-10(15)8-17-12/h2-6,8H,7H2,1H3. The fourth-order valence-electron chi connectivity index (χ4n) is 1.67. The summed E-state index contributed by atoms with van der Waals surface area (Å²) in [5.41, 5.74) is 1.87. The van der Waals surface area contributed by atoms with Crippen LogP contribution < -0.4 is 0 Å². The van der Waals surface area contributed by atoms with Crippen molar-refractivity contribution >= 4 is 21.7 Å². The molecule has 0 aliphatic carbocycles. The van der Waals surface area contributed by atoms with Gasteiger partial charge < -0.3 is 0 Å². The molecule has 0 saturated heterocycles. The van der Waals surface area contributed by atoms with Crippen LogP contribution in [0.15, 0.2) is 41.0 Å². The van der Waals surface area contributed by atoms with E-state index in [0.29, 0.717) is 11.3 Å². The highest BCUT2D eigenvalue weighted by atomic mass is 79.9. The first kappa shape index (κ1) is 12.9. The van der Waals surface area contributed by atoms with Gasteiger partial charge in [-0.15, -0.1) is 0 Å². The minimum Gasteiger partial charge on any atom is -0.294 e. The lowest BCUT2D eigenvalue weighted by molar-refractivity contribution is 0.0991. The third-order valence-electron chi connectivity index (χ3n) is 2.63. The number of carbonyl (C=O) groups is 1. The Hall–Kier alpha value is -1.55. The minimum atomic E-state index is -0.396.